The van der Waals surface area contributed by atoms with Gasteiger partial charge < -0.3 is 15.5 Å². The van der Waals surface area contributed by atoms with E-state index in [2.05, 4.69) is 43.5 Å². The molecular formula is C18H27N3O2. The molecule has 0 aliphatic carbocycles. The molecule has 23 heavy (non-hydrogen) atoms. The Morgan fingerprint density at radius 1 is 1.26 bits per heavy atom. The van der Waals surface area contributed by atoms with Crippen molar-refractivity contribution in [2.45, 2.75) is 51.6 Å². The predicted molar refractivity (Wildman–Crippen MR) is 91.3 cm³/mol. The number of carbonyl (C=O) groups is 2. The van der Waals surface area contributed by atoms with E-state index in [1.54, 1.807) is 11.9 Å². The Labute approximate surface area is 138 Å². The van der Waals surface area contributed by atoms with Crippen molar-refractivity contribution < 1.29 is 9.59 Å². The first-order valence-electron chi connectivity index (χ1n) is 8.11. The first-order valence-corrected chi connectivity index (χ1v) is 8.11. The Kier molecular flexibility index (Phi) is 4.97. The van der Waals surface area contributed by atoms with Crippen molar-refractivity contribution in [3.8, 4) is 0 Å². The molecule has 0 saturated carbocycles. The van der Waals surface area contributed by atoms with E-state index in [9.17, 15) is 9.59 Å². The van der Waals surface area contributed by atoms with E-state index < -0.39 is 6.04 Å². The molecule has 0 aromatic heterocycles. The number of carbonyl (C=O) groups excluding carboxylic acids is 2. The van der Waals surface area contributed by atoms with E-state index in [4.69, 9.17) is 0 Å². The molecule has 0 radical (unpaired) electrons. The number of hydrogen-bond acceptors (Lipinski definition) is 2. The summed E-state index contributed by atoms with van der Waals surface area (Å²) < 4.78 is 0. The van der Waals surface area contributed by atoms with Crippen LogP contribution in [-0.4, -0.2) is 36.5 Å². The van der Waals surface area contributed by atoms with Gasteiger partial charge in [0.2, 0.25) is 5.91 Å². The van der Waals surface area contributed by atoms with Gasteiger partial charge in [-0.1, -0.05) is 45.0 Å². The highest BCUT2D eigenvalue weighted by Gasteiger charge is 2.30. The quantitative estimate of drug-likeness (QED) is 0.900. The van der Waals surface area contributed by atoms with Crippen LogP contribution in [-0.2, 0) is 10.2 Å². The Morgan fingerprint density at radius 2 is 1.87 bits per heavy atom. The summed E-state index contributed by atoms with van der Waals surface area (Å²) in [7, 11) is 1.75. The first kappa shape index (κ1) is 17.3. The zero-order valence-electron chi connectivity index (χ0n) is 14.6. The number of hydrogen-bond donors (Lipinski definition) is 2. The summed E-state index contributed by atoms with van der Waals surface area (Å²) in [6, 6.07) is 7.46. The normalized spacial score (nSPS) is 19.6. The van der Waals surface area contributed by atoms with Gasteiger partial charge >= 0.3 is 6.03 Å². The average Bonchev–Trinajstić information content (AvgIpc) is 2.78. The fraction of sp³-hybridized carbons (Fsp3) is 0.556. The lowest BCUT2D eigenvalue weighted by molar-refractivity contribution is -0.128. The molecule has 5 nitrogen and oxygen atoms in total. The molecular weight excluding hydrogens is 290 g/mol. The van der Waals surface area contributed by atoms with Crippen molar-refractivity contribution in [1.29, 1.82) is 0 Å². The summed E-state index contributed by atoms with van der Waals surface area (Å²) >= 11 is 0. The molecule has 1 aromatic rings. The molecule has 0 spiro atoms. The molecule has 0 bridgehead atoms. The van der Waals surface area contributed by atoms with Gasteiger partial charge in [0, 0.05) is 13.6 Å². The number of urea groups is 1. The zero-order chi connectivity index (χ0) is 17.2. The number of amides is 3. The van der Waals surface area contributed by atoms with E-state index in [1.165, 1.54) is 5.56 Å². The van der Waals surface area contributed by atoms with Crippen LogP contribution in [0.2, 0.25) is 0 Å². The lowest BCUT2D eigenvalue weighted by Crippen LogP contribution is -2.46. The van der Waals surface area contributed by atoms with Gasteiger partial charge in [0.05, 0.1) is 6.04 Å². The van der Waals surface area contributed by atoms with Gasteiger partial charge in [0.1, 0.15) is 6.04 Å². The van der Waals surface area contributed by atoms with Gasteiger partial charge in [0.15, 0.2) is 0 Å². The van der Waals surface area contributed by atoms with E-state index in [-0.39, 0.29) is 23.4 Å². The largest absolute Gasteiger partial charge is 0.344 e. The Hall–Kier alpha value is -2.04. The molecule has 1 heterocycles. The lowest BCUT2D eigenvalue weighted by Gasteiger charge is -2.21. The van der Waals surface area contributed by atoms with E-state index in [1.807, 2.05) is 19.1 Å². The number of benzene rings is 1. The minimum Gasteiger partial charge on any atom is -0.344 e. The molecule has 126 valence electrons. The summed E-state index contributed by atoms with van der Waals surface area (Å²) in [5, 5.41) is 5.65. The predicted octanol–water partition coefficient (Wildman–Crippen LogP) is 2.58. The summed E-state index contributed by atoms with van der Waals surface area (Å²) in [5.41, 5.74) is 2.42. The van der Waals surface area contributed by atoms with E-state index >= 15 is 0 Å². The van der Waals surface area contributed by atoms with Crippen molar-refractivity contribution in [2.75, 3.05) is 13.6 Å². The van der Waals surface area contributed by atoms with Gasteiger partial charge in [0.25, 0.3) is 0 Å². The summed E-state index contributed by atoms with van der Waals surface area (Å²) in [6.07, 6.45) is 0.664. The van der Waals surface area contributed by atoms with Crippen molar-refractivity contribution in [1.82, 2.24) is 15.5 Å². The third-order valence-corrected chi connectivity index (χ3v) is 4.36. The second kappa shape index (κ2) is 6.60. The number of likely N-dealkylation sites (N-methyl/N-ethyl adjacent to an activating group) is 1. The average molecular weight is 317 g/mol. The van der Waals surface area contributed by atoms with Gasteiger partial charge in [-0.15, -0.1) is 0 Å². The third kappa shape index (κ3) is 4.24. The highest BCUT2D eigenvalue weighted by molar-refractivity contribution is 5.88. The van der Waals surface area contributed by atoms with Crippen molar-refractivity contribution in [2.24, 2.45) is 0 Å². The van der Waals surface area contributed by atoms with Gasteiger partial charge in [-0.05, 0) is 29.9 Å². The molecule has 5 heteroatoms. The highest BCUT2D eigenvalue weighted by Crippen LogP contribution is 2.23. The zero-order valence-corrected chi connectivity index (χ0v) is 14.6. The number of nitrogens with one attached hydrogen (secondary N) is 2. The molecule has 0 unspecified atom stereocenters. The van der Waals surface area contributed by atoms with Crippen LogP contribution in [0.1, 0.15) is 51.3 Å². The van der Waals surface area contributed by atoms with E-state index in [0.717, 1.165) is 5.56 Å². The summed E-state index contributed by atoms with van der Waals surface area (Å²) in [5.74, 6) is -0.0256. The fourth-order valence-corrected chi connectivity index (χ4v) is 2.71. The summed E-state index contributed by atoms with van der Waals surface area (Å²) in [4.78, 5) is 25.5. The molecule has 1 aliphatic rings. The number of likely N-dealkylation sites (tertiary alicyclic amines) is 1. The first-order chi connectivity index (χ1) is 10.7. The molecule has 2 N–H and O–H groups in total. The Morgan fingerprint density at radius 3 is 2.35 bits per heavy atom. The van der Waals surface area contributed by atoms with Crippen LogP contribution in [0.5, 0.6) is 0 Å². The minimum absolute atomic E-state index is 0.0256. The maximum Gasteiger partial charge on any atom is 0.315 e. The van der Waals surface area contributed by atoms with Crippen LogP contribution in [0.25, 0.3) is 0 Å². The van der Waals surface area contributed by atoms with Gasteiger partial charge in [-0.2, -0.15) is 0 Å². The van der Waals surface area contributed by atoms with Gasteiger partial charge in [-0.25, -0.2) is 4.79 Å². The Balaban J connectivity index is 1.92. The van der Waals surface area contributed by atoms with Crippen LogP contribution >= 0.6 is 0 Å². The van der Waals surface area contributed by atoms with Crippen LogP contribution in [0, 0.1) is 0 Å². The highest BCUT2D eigenvalue weighted by atomic mass is 16.2. The molecule has 3 amide bonds. The van der Waals surface area contributed by atoms with Gasteiger partial charge in [-0.3, -0.25) is 4.79 Å². The molecule has 1 aromatic carbocycles. The monoisotopic (exact) mass is 317 g/mol. The molecule has 1 saturated heterocycles. The maximum absolute atomic E-state index is 12.1. The van der Waals surface area contributed by atoms with Crippen LogP contribution < -0.4 is 10.6 Å². The topological polar surface area (TPSA) is 61.4 Å². The van der Waals surface area contributed by atoms with Crippen LogP contribution in [0.15, 0.2) is 24.3 Å². The van der Waals surface area contributed by atoms with Crippen LogP contribution in [0.4, 0.5) is 4.79 Å². The minimum atomic E-state index is -0.407. The smallest absolute Gasteiger partial charge is 0.315 e. The number of rotatable bonds is 3. The standard InChI is InChI=1S/C18H27N3O2/c1-12(13-6-8-14(9-7-13)18(2,3)4)19-17(23)20-15-10-11-21(5)16(15)22/h6-9,12,15H,10-11H2,1-5H3,(H2,19,20,23)/t12-,15+/m1/s1. The third-order valence-electron chi connectivity index (χ3n) is 4.36. The molecule has 1 fully saturated rings. The lowest BCUT2D eigenvalue weighted by atomic mass is 9.86. The summed E-state index contributed by atoms with van der Waals surface area (Å²) in [6.45, 7) is 9.15. The maximum atomic E-state index is 12.1. The number of nitrogens with zero attached hydrogens (tertiary/aromatic N) is 1. The van der Waals surface area contributed by atoms with Crippen molar-refractivity contribution >= 4 is 11.9 Å². The molecule has 1 aliphatic heterocycles. The SMILES string of the molecule is C[C@@H](NC(=O)N[C@H]1CCN(C)C1=O)c1ccc(C(C)(C)C)cc1. The Bertz CT molecular complexity index is 575. The fourth-order valence-electron chi connectivity index (χ4n) is 2.71. The van der Waals surface area contributed by atoms with Crippen molar-refractivity contribution in [3.63, 3.8) is 0 Å². The van der Waals surface area contributed by atoms with Crippen LogP contribution in [0.3, 0.4) is 0 Å². The van der Waals surface area contributed by atoms with Crippen molar-refractivity contribution in [3.05, 3.63) is 35.4 Å². The molecule has 2 atom stereocenters. The second-order valence-corrected chi connectivity index (χ2v) is 7.31. The second-order valence-electron chi connectivity index (χ2n) is 7.31. The molecule has 2 rings (SSSR count). The van der Waals surface area contributed by atoms with E-state index in [0.29, 0.717) is 13.0 Å².